The molecule has 7 nitrogen and oxygen atoms in total. The summed E-state index contributed by atoms with van der Waals surface area (Å²) in [6.45, 7) is 8.15. The van der Waals surface area contributed by atoms with Crippen LogP contribution in [0, 0.1) is 5.41 Å². The smallest absolute Gasteiger partial charge is 0.243 e. The van der Waals surface area contributed by atoms with E-state index in [9.17, 15) is 14.4 Å². The van der Waals surface area contributed by atoms with E-state index in [4.69, 9.17) is 0 Å². The van der Waals surface area contributed by atoms with E-state index in [1.165, 1.54) is 5.56 Å². The van der Waals surface area contributed by atoms with Crippen LogP contribution in [0.3, 0.4) is 0 Å². The number of halogens is 1. The van der Waals surface area contributed by atoms with Gasteiger partial charge in [-0.3, -0.25) is 14.4 Å². The quantitative estimate of drug-likeness (QED) is 0.264. The van der Waals surface area contributed by atoms with E-state index >= 15 is 0 Å². The van der Waals surface area contributed by atoms with Crippen LogP contribution >= 0.6 is 15.9 Å². The van der Waals surface area contributed by atoms with Crippen LogP contribution in [0.4, 0.5) is 0 Å². The summed E-state index contributed by atoms with van der Waals surface area (Å²) in [6, 6.07) is 21.1. The molecule has 218 valence electrons. The predicted molar refractivity (Wildman–Crippen MR) is 167 cm³/mol. The zero-order chi connectivity index (χ0) is 29.4. The number of hydrogen-bond acceptors (Lipinski definition) is 4. The van der Waals surface area contributed by atoms with Gasteiger partial charge >= 0.3 is 0 Å². The fourth-order valence-corrected chi connectivity index (χ4v) is 5.67. The summed E-state index contributed by atoms with van der Waals surface area (Å²) in [5.41, 5.74) is 1.58. The average Bonchev–Trinajstić information content (AvgIpc) is 3.43. The lowest BCUT2D eigenvalue weighted by Gasteiger charge is -2.31. The van der Waals surface area contributed by atoms with Crippen LogP contribution in [0.1, 0.15) is 51.2 Å². The van der Waals surface area contributed by atoms with Crippen LogP contribution in [-0.2, 0) is 27.3 Å². The molecule has 3 N–H and O–H groups in total. The van der Waals surface area contributed by atoms with Crippen molar-refractivity contribution in [2.24, 2.45) is 5.41 Å². The predicted octanol–water partition coefficient (Wildman–Crippen LogP) is 4.96. The van der Waals surface area contributed by atoms with Crippen molar-refractivity contribution in [3.63, 3.8) is 0 Å². The zero-order valence-corrected chi connectivity index (χ0v) is 25.8. The maximum Gasteiger partial charge on any atom is 0.243 e. The van der Waals surface area contributed by atoms with Crippen LogP contribution in [-0.4, -0.2) is 54.3 Å². The maximum absolute atomic E-state index is 13.5. The number of fused-ring (bicyclic) bond motifs is 1. The van der Waals surface area contributed by atoms with Crippen molar-refractivity contribution in [3.05, 3.63) is 82.3 Å². The highest BCUT2D eigenvalue weighted by molar-refractivity contribution is 9.10. The topological polar surface area (TPSA) is 90.5 Å². The van der Waals surface area contributed by atoms with Crippen molar-refractivity contribution in [2.75, 3.05) is 19.6 Å². The lowest BCUT2D eigenvalue weighted by molar-refractivity contribution is -0.145. The SMILES string of the molecule is CC(C)(C)C(=O)N1CCCC1C(=O)NC(Cc1ccc2ccccc2c1)C(=O)NCCCNCc1cccc(Br)c1. The highest BCUT2D eigenvalue weighted by atomic mass is 79.9. The molecule has 1 heterocycles. The van der Waals surface area contributed by atoms with E-state index in [0.29, 0.717) is 25.9 Å². The molecule has 3 aromatic rings. The van der Waals surface area contributed by atoms with Crippen molar-refractivity contribution in [1.82, 2.24) is 20.9 Å². The summed E-state index contributed by atoms with van der Waals surface area (Å²) in [4.78, 5) is 41.6. The lowest BCUT2D eigenvalue weighted by Crippen LogP contribution is -2.55. The molecule has 3 aromatic carbocycles. The van der Waals surface area contributed by atoms with Gasteiger partial charge in [0, 0.05) is 35.9 Å². The highest BCUT2D eigenvalue weighted by Gasteiger charge is 2.39. The Labute approximate surface area is 251 Å². The normalized spacial score (nSPS) is 16.0. The molecule has 0 spiro atoms. The van der Waals surface area contributed by atoms with Gasteiger partial charge in [0.1, 0.15) is 12.1 Å². The number of carbonyl (C=O) groups is 3. The van der Waals surface area contributed by atoms with Crippen LogP contribution < -0.4 is 16.0 Å². The van der Waals surface area contributed by atoms with Crippen LogP contribution in [0.2, 0.25) is 0 Å². The molecule has 0 aliphatic carbocycles. The molecule has 1 saturated heterocycles. The number of carbonyl (C=O) groups excluding carboxylic acids is 3. The molecule has 2 atom stereocenters. The number of amides is 3. The Morgan fingerprint density at radius 3 is 2.49 bits per heavy atom. The summed E-state index contributed by atoms with van der Waals surface area (Å²) in [7, 11) is 0. The summed E-state index contributed by atoms with van der Waals surface area (Å²) in [6.07, 6.45) is 2.49. The Kier molecular flexibility index (Phi) is 10.6. The second kappa shape index (κ2) is 14.1. The fourth-order valence-electron chi connectivity index (χ4n) is 5.22. The first kappa shape index (κ1) is 30.7. The monoisotopic (exact) mass is 620 g/mol. The van der Waals surface area contributed by atoms with Gasteiger partial charge in [-0.15, -0.1) is 0 Å². The van der Waals surface area contributed by atoms with Gasteiger partial charge in [-0.05, 0) is 59.8 Å². The number of nitrogens with zero attached hydrogens (tertiary/aromatic N) is 1. The third-order valence-electron chi connectivity index (χ3n) is 7.39. The largest absolute Gasteiger partial charge is 0.354 e. The Morgan fingerprint density at radius 2 is 1.73 bits per heavy atom. The fraction of sp³-hybridized carbons (Fsp3) is 0.424. The molecule has 0 aromatic heterocycles. The van der Waals surface area contributed by atoms with Gasteiger partial charge in [0.15, 0.2) is 0 Å². The van der Waals surface area contributed by atoms with E-state index in [2.05, 4.69) is 56.1 Å². The van der Waals surface area contributed by atoms with Gasteiger partial charge in [0.05, 0.1) is 0 Å². The Bertz CT molecular complexity index is 1370. The standard InChI is InChI=1S/C33H41BrN4O3/c1-33(2,3)32(41)38-18-7-13-29(38)31(40)37-28(21-23-14-15-25-10-4-5-11-26(25)19-23)30(39)36-17-8-16-35-22-24-9-6-12-27(34)20-24/h4-6,9-12,14-15,19-20,28-29,35H,7-8,13,16-18,21-22H2,1-3H3,(H,36,39)(H,37,40). The van der Waals surface area contributed by atoms with Crippen LogP contribution in [0.15, 0.2) is 71.2 Å². The van der Waals surface area contributed by atoms with E-state index in [-0.39, 0.29) is 17.7 Å². The zero-order valence-electron chi connectivity index (χ0n) is 24.2. The Balaban J connectivity index is 1.38. The molecule has 0 bridgehead atoms. The van der Waals surface area contributed by atoms with Gasteiger partial charge < -0.3 is 20.9 Å². The number of nitrogens with one attached hydrogen (secondary N) is 3. The number of benzene rings is 3. The first-order valence-corrected chi connectivity index (χ1v) is 15.2. The number of rotatable bonds is 11. The molecule has 2 unspecified atom stereocenters. The first-order chi connectivity index (χ1) is 19.6. The minimum Gasteiger partial charge on any atom is -0.354 e. The van der Waals surface area contributed by atoms with Gasteiger partial charge in [0.2, 0.25) is 17.7 Å². The van der Waals surface area contributed by atoms with Gasteiger partial charge in [-0.1, -0.05) is 91.3 Å². The minimum absolute atomic E-state index is 0.0407. The molecule has 1 fully saturated rings. The lowest BCUT2D eigenvalue weighted by atomic mass is 9.94. The van der Waals surface area contributed by atoms with Crippen LogP contribution in [0.5, 0.6) is 0 Å². The number of likely N-dealkylation sites (tertiary alicyclic amines) is 1. The number of hydrogen-bond donors (Lipinski definition) is 3. The third-order valence-corrected chi connectivity index (χ3v) is 7.89. The van der Waals surface area contributed by atoms with Crippen molar-refractivity contribution < 1.29 is 14.4 Å². The van der Waals surface area contributed by atoms with Gasteiger partial charge in [-0.2, -0.15) is 0 Å². The second-order valence-corrected chi connectivity index (χ2v) is 12.7. The third kappa shape index (κ3) is 8.63. The summed E-state index contributed by atoms with van der Waals surface area (Å²) < 4.78 is 1.05. The maximum atomic E-state index is 13.5. The van der Waals surface area contributed by atoms with Gasteiger partial charge in [-0.25, -0.2) is 0 Å². The first-order valence-electron chi connectivity index (χ1n) is 14.4. The molecular weight excluding hydrogens is 580 g/mol. The minimum atomic E-state index is -0.745. The molecule has 3 amide bonds. The average molecular weight is 622 g/mol. The van der Waals surface area contributed by atoms with Crippen LogP contribution in [0.25, 0.3) is 10.8 Å². The van der Waals surface area contributed by atoms with Gasteiger partial charge in [0.25, 0.3) is 0 Å². The summed E-state index contributed by atoms with van der Waals surface area (Å²) >= 11 is 3.49. The molecule has 8 heteroatoms. The van der Waals surface area contributed by atoms with Crippen molar-refractivity contribution in [3.8, 4) is 0 Å². The molecule has 41 heavy (non-hydrogen) atoms. The van der Waals surface area contributed by atoms with E-state index in [1.54, 1.807) is 4.90 Å². The summed E-state index contributed by atoms with van der Waals surface area (Å²) in [5, 5.41) is 11.6. The Hall–Kier alpha value is -3.23. The molecule has 1 aliphatic rings. The van der Waals surface area contributed by atoms with E-state index < -0.39 is 17.5 Å². The van der Waals surface area contributed by atoms with Crippen molar-refractivity contribution in [2.45, 2.75) is 65.1 Å². The van der Waals surface area contributed by atoms with E-state index in [0.717, 1.165) is 46.7 Å². The molecule has 0 saturated carbocycles. The second-order valence-electron chi connectivity index (χ2n) is 11.8. The highest BCUT2D eigenvalue weighted by Crippen LogP contribution is 2.26. The molecule has 0 radical (unpaired) electrons. The molecule has 1 aliphatic heterocycles. The van der Waals surface area contributed by atoms with Crippen molar-refractivity contribution >= 4 is 44.4 Å². The van der Waals surface area contributed by atoms with Crippen molar-refractivity contribution in [1.29, 1.82) is 0 Å². The molecule has 4 rings (SSSR count). The summed E-state index contributed by atoms with van der Waals surface area (Å²) in [5.74, 6) is -0.525. The molecular formula is C33H41BrN4O3. The Morgan fingerprint density at radius 1 is 0.951 bits per heavy atom. The van der Waals surface area contributed by atoms with E-state index in [1.807, 2.05) is 63.2 Å².